The van der Waals surface area contributed by atoms with Crippen LogP contribution in [0.5, 0.6) is 0 Å². The first-order valence-corrected chi connectivity index (χ1v) is 14.7. The van der Waals surface area contributed by atoms with Gasteiger partial charge >= 0.3 is 0 Å². The number of aryl methyl sites for hydroxylation is 1. The van der Waals surface area contributed by atoms with Gasteiger partial charge in [0.1, 0.15) is 11.9 Å². The number of nitriles is 1. The van der Waals surface area contributed by atoms with E-state index in [1.54, 1.807) is 52.6 Å². The van der Waals surface area contributed by atoms with E-state index in [2.05, 4.69) is 48.2 Å². The molecule has 0 radical (unpaired) electrons. The molecular weight excluding hydrogens is 570 g/mol. The molecule has 1 N–H and O–H groups in total. The summed E-state index contributed by atoms with van der Waals surface area (Å²) in [5.41, 5.74) is 4.08. The van der Waals surface area contributed by atoms with Crippen molar-refractivity contribution in [2.75, 3.05) is 23.0 Å². The summed E-state index contributed by atoms with van der Waals surface area (Å²) in [6.07, 6.45) is 5.38. The third-order valence-corrected chi connectivity index (χ3v) is 8.26. The second-order valence-corrected chi connectivity index (χ2v) is 10.9. The van der Waals surface area contributed by atoms with Crippen LogP contribution < -0.4 is 9.91 Å². The molecule has 9 heteroatoms. The van der Waals surface area contributed by atoms with Crippen LogP contribution in [0.15, 0.2) is 97.1 Å². The number of hydrogen-bond donors (Lipinski definition) is 1. The van der Waals surface area contributed by atoms with Crippen molar-refractivity contribution in [1.82, 2.24) is 14.5 Å². The smallest absolute Gasteiger partial charge is 0.156 e. The van der Waals surface area contributed by atoms with Gasteiger partial charge in [-0.2, -0.15) is 10.4 Å². The number of benzene rings is 3. The van der Waals surface area contributed by atoms with Crippen LogP contribution in [0.1, 0.15) is 47.4 Å². The molecule has 0 bridgehead atoms. The summed E-state index contributed by atoms with van der Waals surface area (Å²) in [4.78, 5) is 11.5. The van der Waals surface area contributed by atoms with Crippen molar-refractivity contribution in [2.24, 2.45) is 12.1 Å². The van der Waals surface area contributed by atoms with Crippen LogP contribution in [0.25, 0.3) is 10.9 Å². The van der Waals surface area contributed by atoms with Crippen LogP contribution in [0, 0.1) is 11.3 Å². The molecule has 0 saturated carbocycles. The van der Waals surface area contributed by atoms with Gasteiger partial charge in [0.15, 0.2) is 5.60 Å². The number of nitrogens with zero attached hydrogens (tertiary/aromatic N) is 7. The zero-order valence-electron chi connectivity index (χ0n) is 25.1. The van der Waals surface area contributed by atoms with Gasteiger partial charge in [-0.25, -0.2) is 15.0 Å². The Hall–Kier alpha value is -4.97. The van der Waals surface area contributed by atoms with Gasteiger partial charge in [-0.05, 0) is 66.9 Å². The normalized spacial score (nSPS) is 12.4. The average molecular weight is 604 g/mol. The lowest BCUT2D eigenvalue weighted by atomic mass is 9.82. The van der Waals surface area contributed by atoms with Gasteiger partial charge in [0.2, 0.25) is 0 Å². The quantitative estimate of drug-likeness (QED) is 0.132. The first-order valence-electron chi connectivity index (χ1n) is 14.3. The molecule has 2 aromatic heterocycles. The van der Waals surface area contributed by atoms with Crippen LogP contribution in [-0.4, -0.2) is 39.4 Å². The number of aromatic nitrogens is 3. The zero-order valence-corrected chi connectivity index (χ0v) is 25.8. The van der Waals surface area contributed by atoms with E-state index in [0.29, 0.717) is 44.7 Å². The zero-order chi connectivity index (χ0) is 31.4. The molecule has 1 atom stereocenters. The molecule has 3 aromatic carbocycles. The highest BCUT2D eigenvalue weighted by Crippen LogP contribution is 2.40. The lowest BCUT2D eigenvalue weighted by Gasteiger charge is -2.30. The molecule has 5 rings (SSSR count). The van der Waals surface area contributed by atoms with Crippen LogP contribution in [-0.2, 0) is 19.1 Å². The van der Waals surface area contributed by atoms with Crippen molar-refractivity contribution in [3.63, 3.8) is 0 Å². The van der Waals surface area contributed by atoms with Crippen molar-refractivity contribution < 1.29 is 5.11 Å². The van der Waals surface area contributed by atoms with E-state index in [9.17, 15) is 10.4 Å². The minimum absolute atomic E-state index is 0.487. The van der Waals surface area contributed by atoms with Crippen LogP contribution in [0.2, 0.25) is 5.02 Å². The Bertz CT molecular complexity index is 1850. The average Bonchev–Trinajstić information content (AvgIpc) is 3.49. The summed E-state index contributed by atoms with van der Waals surface area (Å²) in [5.74, 6) is 0.774. The number of hydrazone groups is 1. The van der Waals surface area contributed by atoms with Gasteiger partial charge in [-0.1, -0.05) is 48.5 Å². The summed E-state index contributed by atoms with van der Waals surface area (Å²) in [7, 11) is 1.84. The van der Waals surface area contributed by atoms with E-state index in [-0.39, 0.29) is 0 Å². The van der Waals surface area contributed by atoms with E-state index in [0.717, 1.165) is 35.7 Å². The number of halogens is 1. The number of anilines is 2. The van der Waals surface area contributed by atoms with Crippen LogP contribution in [0.3, 0.4) is 0 Å². The summed E-state index contributed by atoms with van der Waals surface area (Å²) in [5, 5.41) is 30.0. The van der Waals surface area contributed by atoms with Gasteiger partial charge in [-0.3, -0.25) is 0 Å². The number of hydrogen-bond acceptors (Lipinski definition) is 7. The minimum atomic E-state index is -1.57. The van der Waals surface area contributed by atoms with Crippen molar-refractivity contribution in [3.05, 3.63) is 131 Å². The first-order chi connectivity index (χ1) is 21.3. The molecule has 2 heterocycles. The second-order valence-electron chi connectivity index (χ2n) is 10.4. The fourth-order valence-electron chi connectivity index (χ4n) is 5.67. The van der Waals surface area contributed by atoms with Gasteiger partial charge < -0.3 is 14.6 Å². The summed E-state index contributed by atoms with van der Waals surface area (Å²) in [6.45, 7) is 13.0. The van der Waals surface area contributed by atoms with Gasteiger partial charge in [-0.15, -0.1) is 0 Å². The van der Waals surface area contributed by atoms with Crippen LogP contribution in [0.4, 0.5) is 11.5 Å². The molecule has 5 aromatic rings. The molecule has 0 aliphatic heterocycles. The molecule has 1 unspecified atom stereocenters. The highest BCUT2D eigenvalue weighted by Gasteiger charge is 2.37. The van der Waals surface area contributed by atoms with E-state index < -0.39 is 5.60 Å². The standard InChI is InChI=1S/C35H34ClN7O/c1-6-42(7-2)34-30(19-24-9-16-28(17-10-24)43(8-3)38-4)31(21-37)29-20-26(13-18-32(29)40-34)35(44,33-22-39-23-41(33)5)25-11-14-27(36)15-12-25/h8-18,20,22-23,44H,3-4,6-7,19H2,1-2,5H3. The van der Waals surface area contributed by atoms with Gasteiger partial charge in [0.25, 0.3) is 0 Å². The van der Waals surface area contributed by atoms with Crippen molar-refractivity contribution in [3.8, 4) is 6.07 Å². The Balaban J connectivity index is 1.73. The molecule has 0 amide bonds. The predicted octanol–water partition coefficient (Wildman–Crippen LogP) is 6.78. The lowest BCUT2D eigenvalue weighted by Crippen LogP contribution is -2.31. The van der Waals surface area contributed by atoms with E-state index in [1.807, 2.05) is 49.5 Å². The molecule has 0 saturated heterocycles. The predicted molar refractivity (Wildman–Crippen MR) is 178 cm³/mol. The summed E-state index contributed by atoms with van der Waals surface area (Å²) >= 11 is 6.21. The SMILES string of the molecule is C=CN(N=C)c1ccc(Cc2c(N(CC)CC)nc3ccc(C(O)(c4ccc(Cl)cc4)c4cncn4C)cc3c2C#N)cc1. The maximum absolute atomic E-state index is 12.5. The third kappa shape index (κ3) is 5.44. The minimum Gasteiger partial charge on any atom is -0.374 e. The van der Waals surface area contributed by atoms with E-state index >= 15 is 0 Å². The number of fused-ring (bicyclic) bond motifs is 1. The maximum atomic E-state index is 12.5. The monoisotopic (exact) mass is 603 g/mol. The summed E-state index contributed by atoms with van der Waals surface area (Å²) in [6, 6.07) is 23.1. The topological polar surface area (TPSA) is 93.6 Å². The number of pyridine rings is 1. The molecule has 0 fully saturated rings. The number of rotatable bonds is 11. The van der Waals surface area contributed by atoms with Crippen LogP contribution >= 0.6 is 11.6 Å². The summed E-state index contributed by atoms with van der Waals surface area (Å²) < 4.78 is 1.79. The van der Waals surface area contributed by atoms with Crippen molar-refractivity contribution in [2.45, 2.75) is 25.9 Å². The highest BCUT2D eigenvalue weighted by molar-refractivity contribution is 6.30. The molecule has 44 heavy (non-hydrogen) atoms. The van der Waals surface area contributed by atoms with E-state index in [1.165, 1.54) is 0 Å². The highest BCUT2D eigenvalue weighted by atomic mass is 35.5. The van der Waals surface area contributed by atoms with Gasteiger partial charge in [0, 0.05) is 55.4 Å². The molecule has 0 spiro atoms. The number of imidazole rings is 1. The largest absolute Gasteiger partial charge is 0.374 e. The lowest BCUT2D eigenvalue weighted by molar-refractivity contribution is 0.117. The maximum Gasteiger partial charge on any atom is 0.156 e. The van der Waals surface area contributed by atoms with E-state index in [4.69, 9.17) is 16.6 Å². The van der Waals surface area contributed by atoms with Crippen molar-refractivity contribution in [1.29, 1.82) is 5.26 Å². The fourth-order valence-corrected chi connectivity index (χ4v) is 5.80. The Morgan fingerprint density at radius 3 is 2.32 bits per heavy atom. The number of aliphatic hydroxyl groups is 1. The first kappa shape index (κ1) is 30.5. The Kier molecular flexibility index (Phi) is 8.81. The van der Waals surface area contributed by atoms with Gasteiger partial charge in [0.05, 0.1) is 35.0 Å². The molecular formula is C35H34ClN7O. The molecule has 222 valence electrons. The molecule has 0 aliphatic carbocycles. The third-order valence-electron chi connectivity index (χ3n) is 8.01. The van der Waals surface area contributed by atoms with Crippen molar-refractivity contribution >= 4 is 40.7 Å². The Morgan fingerprint density at radius 1 is 1.07 bits per heavy atom. The fraction of sp³-hybridized carbons (Fsp3) is 0.200. The second kappa shape index (κ2) is 12.7. The Morgan fingerprint density at radius 2 is 1.75 bits per heavy atom. The Labute approximate surface area is 262 Å². The molecule has 0 aliphatic rings. The molecule has 8 nitrogen and oxygen atoms in total.